The van der Waals surface area contributed by atoms with Crippen LogP contribution >= 0.6 is 0 Å². The fraction of sp³-hybridized carbons (Fsp3) is 0.364. The van der Waals surface area contributed by atoms with Crippen molar-refractivity contribution in [3.8, 4) is 0 Å². The third-order valence-corrected chi connectivity index (χ3v) is 2.38. The van der Waals surface area contributed by atoms with Crippen LogP contribution in [0, 0.1) is 12.7 Å². The number of nitrogens with two attached hydrogens (primary N) is 1. The summed E-state index contributed by atoms with van der Waals surface area (Å²) in [5.41, 5.74) is 6.10. The standard InChI is InChI=1S/C11H12FNO3/c1-6-2-7(13)3-9(10(6)12)11(14)16-8-4-15-5-8/h2-3,8H,4-5,13H2,1H3. The van der Waals surface area contributed by atoms with Crippen molar-refractivity contribution in [2.24, 2.45) is 0 Å². The second-order valence-electron chi connectivity index (χ2n) is 3.76. The van der Waals surface area contributed by atoms with Gasteiger partial charge in [0.1, 0.15) is 11.9 Å². The van der Waals surface area contributed by atoms with E-state index in [0.717, 1.165) is 0 Å². The molecule has 1 aliphatic heterocycles. The van der Waals surface area contributed by atoms with Crippen LogP contribution in [0.1, 0.15) is 15.9 Å². The molecule has 1 aliphatic rings. The monoisotopic (exact) mass is 225 g/mol. The average molecular weight is 225 g/mol. The van der Waals surface area contributed by atoms with Crippen molar-refractivity contribution < 1.29 is 18.7 Å². The maximum Gasteiger partial charge on any atom is 0.341 e. The van der Waals surface area contributed by atoms with E-state index < -0.39 is 11.8 Å². The molecule has 0 spiro atoms. The van der Waals surface area contributed by atoms with Crippen molar-refractivity contribution in [3.05, 3.63) is 29.1 Å². The first-order chi connectivity index (χ1) is 7.58. The Morgan fingerprint density at radius 3 is 2.81 bits per heavy atom. The maximum atomic E-state index is 13.6. The van der Waals surface area contributed by atoms with Crippen molar-refractivity contribution in [1.82, 2.24) is 0 Å². The molecule has 86 valence electrons. The van der Waals surface area contributed by atoms with Crippen LogP contribution in [0.2, 0.25) is 0 Å². The van der Waals surface area contributed by atoms with Gasteiger partial charge in [-0.25, -0.2) is 9.18 Å². The Balaban J connectivity index is 2.21. The molecule has 1 saturated heterocycles. The van der Waals surface area contributed by atoms with E-state index in [0.29, 0.717) is 24.5 Å². The molecule has 1 aromatic carbocycles. The summed E-state index contributed by atoms with van der Waals surface area (Å²) in [6.07, 6.45) is -0.270. The van der Waals surface area contributed by atoms with Gasteiger partial charge in [0.15, 0.2) is 0 Å². The number of hydrogen-bond acceptors (Lipinski definition) is 4. The first-order valence-corrected chi connectivity index (χ1v) is 4.92. The predicted octanol–water partition coefficient (Wildman–Crippen LogP) is 1.27. The Labute approximate surface area is 92.1 Å². The number of rotatable bonds is 2. The molecule has 0 saturated carbocycles. The van der Waals surface area contributed by atoms with Crippen molar-refractivity contribution in [1.29, 1.82) is 0 Å². The number of carbonyl (C=O) groups is 1. The third kappa shape index (κ3) is 1.99. The summed E-state index contributed by atoms with van der Waals surface area (Å²) in [5.74, 6) is -1.28. The summed E-state index contributed by atoms with van der Waals surface area (Å²) >= 11 is 0. The predicted molar refractivity (Wildman–Crippen MR) is 55.6 cm³/mol. The SMILES string of the molecule is Cc1cc(N)cc(C(=O)OC2COC2)c1F. The highest BCUT2D eigenvalue weighted by Gasteiger charge is 2.25. The number of esters is 1. The number of aryl methyl sites for hydroxylation is 1. The van der Waals surface area contributed by atoms with Crippen molar-refractivity contribution in [2.45, 2.75) is 13.0 Å². The Hall–Kier alpha value is -1.62. The number of ether oxygens (including phenoxy) is 2. The average Bonchev–Trinajstić information content (AvgIpc) is 2.17. The number of benzene rings is 1. The Morgan fingerprint density at radius 2 is 2.25 bits per heavy atom. The molecule has 1 aromatic rings. The van der Waals surface area contributed by atoms with E-state index in [1.54, 1.807) is 6.92 Å². The lowest BCUT2D eigenvalue weighted by Gasteiger charge is -2.25. The lowest BCUT2D eigenvalue weighted by Crippen LogP contribution is -2.38. The molecule has 0 unspecified atom stereocenters. The first-order valence-electron chi connectivity index (χ1n) is 4.92. The molecule has 0 radical (unpaired) electrons. The van der Waals surface area contributed by atoms with Crippen LogP contribution < -0.4 is 5.73 Å². The number of anilines is 1. The molecular formula is C11H12FNO3. The van der Waals surface area contributed by atoms with Crippen LogP contribution in [0.5, 0.6) is 0 Å². The zero-order chi connectivity index (χ0) is 11.7. The molecular weight excluding hydrogens is 213 g/mol. The van der Waals surface area contributed by atoms with Gasteiger partial charge in [-0.2, -0.15) is 0 Å². The van der Waals surface area contributed by atoms with E-state index >= 15 is 0 Å². The van der Waals surface area contributed by atoms with Crippen molar-refractivity contribution >= 4 is 11.7 Å². The highest BCUT2D eigenvalue weighted by atomic mass is 19.1. The molecule has 5 heteroatoms. The molecule has 0 aliphatic carbocycles. The minimum Gasteiger partial charge on any atom is -0.454 e. The van der Waals surface area contributed by atoms with Gasteiger partial charge >= 0.3 is 5.97 Å². The van der Waals surface area contributed by atoms with Gasteiger partial charge in [-0.15, -0.1) is 0 Å². The second-order valence-corrected chi connectivity index (χ2v) is 3.76. The first kappa shape index (κ1) is 10.9. The van der Waals surface area contributed by atoms with Crippen LogP contribution in [-0.4, -0.2) is 25.3 Å². The lowest BCUT2D eigenvalue weighted by molar-refractivity contribution is -0.103. The fourth-order valence-electron chi connectivity index (χ4n) is 1.44. The van der Waals surface area contributed by atoms with Crippen molar-refractivity contribution in [3.63, 3.8) is 0 Å². The van der Waals surface area contributed by atoms with Crippen LogP contribution in [0.3, 0.4) is 0 Å². The fourth-order valence-corrected chi connectivity index (χ4v) is 1.44. The molecule has 2 N–H and O–H groups in total. The summed E-state index contributed by atoms with van der Waals surface area (Å²) in [5, 5.41) is 0. The van der Waals surface area contributed by atoms with E-state index in [4.69, 9.17) is 15.2 Å². The van der Waals surface area contributed by atoms with Gasteiger partial charge in [0.2, 0.25) is 0 Å². The Kier molecular flexibility index (Phi) is 2.78. The summed E-state index contributed by atoms with van der Waals surface area (Å²) < 4.78 is 23.5. The van der Waals surface area contributed by atoms with E-state index in [-0.39, 0.29) is 11.7 Å². The summed E-state index contributed by atoms with van der Waals surface area (Å²) in [6.45, 7) is 2.29. The lowest BCUT2D eigenvalue weighted by atomic mass is 10.1. The Morgan fingerprint density at radius 1 is 1.56 bits per heavy atom. The summed E-state index contributed by atoms with van der Waals surface area (Å²) in [6, 6.07) is 2.75. The van der Waals surface area contributed by atoms with Gasteiger partial charge in [-0.1, -0.05) is 0 Å². The number of carbonyl (C=O) groups excluding carboxylic acids is 1. The van der Waals surface area contributed by atoms with Crippen molar-refractivity contribution in [2.75, 3.05) is 18.9 Å². The molecule has 2 rings (SSSR count). The largest absolute Gasteiger partial charge is 0.454 e. The molecule has 0 amide bonds. The third-order valence-electron chi connectivity index (χ3n) is 2.38. The van der Waals surface area contributed by atoms with Crippen LogP contribution in [0.4, 0.5) is 10.1 Å². The van der Waals surface area contributed by atoms with Gasteiger partial charge in [0.25, 0.3) is 0 Å². The van der Waals surface area contributed by atoms with E-state index in [9.17, 15) is 9.18 Å². The van der Waals surface area contributed by atoms with Gasteiger partial charge < -0.3 is 15.2 Å². The van der Waals surface area contributed by atoms with E-state index in [2.05, 4.69) is 0 Å². The zero-order valence-electron chi connectivity index (χ0n) is 8.83. The molecule has 1 fully saturated rings. The highest BCUT2D eigenvalue weighted by Crippen LogP contribution is 2.19. The molecule has 1 heterocycles. The minimum atomic E-state index is -0.693. The molecule has 4 nitrogen and oxygen atoms in total. The quantitative estimate of drug-likeness (QED) is 0.608. The van der Waals surface area contributed by atoms with Gasteiger partial charge in [0, 0.05) is 5.69 Å². The van der Waals surface area contributed by atoms with Crippen LogP contribution in [0.15, 0.2) is 12.1 Å². The topological polar surface area (TPSA) is 61.6 Å². The summed E-state index contributed by atoms with van der Waals surface area (Å²) in [7, 11) is 0. The number of halogens is 1. The smallest absolute Gasteiger partial charge is 0.341 e. The maximum absolute atomic E-state index is 13.6. The number of nitrogen functional groups attached to an aromatic ring is 1. The number of hydrogen-bond donors (Lipinski definition) is 1. The molecule has 0 aromatic heterocycles. The van der Waals surface area contributed by atoms with Crippen LogP contribution in [-0.2, 0) is 9.47 Å². The molecule has 0 atom stereocenters. The molecule has 16 heavy (non-hydrogen) atoms. The van der Waals surface area contributed by atoms with Crippen LogP contribution in [0.25, 0.3) is 0 Å². The Bertz CT molecular complexity index is 429. The zero-order valence-corrected chi connectivity index (χ0v) is 8.83. The van der Waals surface area contributed by atoms with E-state index in [1.807, 2.05) is 0 Å². The normalized spacial score (nSPS) is 15.6. The second kappa shape index (κ2) is 4.09. The highest BCUT2D eigenvalue weighted by molar-refractivity contribution is 5.91. The van der Waals surface area contributed by atoms with Gasteiger partial charge in [-0.3, -0.25) is 0 Å². The molecule has 0 bridgehead atoms. The minimum absolute atomic E-state index is 0.121. The van der Waals surface area contributed by atoms with Gasteiger partial charge in [-0.05, 0) is 24.6 Å². The van der Waals surface area contributed by atoms with E-state index in [1.165, 1.54) is 12.1 Å². The summed E-state index contributed by atoms with van der Waals surface area (Å²) in [4.78, 5) is 11.6. The van der Waals surface area contributed by atoms with Gasteiger partial charge in [0.05, 0.1) is 18.8 Å².